The molecular formula is C5H12O. The van der Waals surface area contributed by atoms with E-state index < -0.39 is 0 Å². The molecule has 38 valence electrons. The average Bonchev–Trinajstić information content (AvgIpc) is 1.36. The van der Waals surface area contributed by atoms with Gasteiger partial charge in [0.05, 0.1) is 0 Å². The van der Waals surface area contributed by atoms with Gasteiger partial charge in [-0.3, -0.25) is 0 Å². The van der Waals surface area contributed by atoms with Gasteiger partial charge in [0.2, 0.25) is 0 Å². The summed E-state index contributed by atoms with van der Waals surface area (Å²) in [6.07, 6.45) is 1.28. The van der Waals surface area contributed by atoms with Crippen molar-refractivity contribution in [1.29, 1.82) is 0 Å². The van der Waals surface area contributed by atoms with Gasteiger partial charge in [0, 0.05) is 13.2 Å². The van der Waals surface area contributed by atoms with E-state index in [4.69, 9.17) is 4.74 Å². The minimum absolute atomic E-state index is 1.00. The first-order valence-electron chi connectivity index (χ1n) is 2.58. The van der Waals surface area contributed by atoms with Gasteiger partial charge in [-0.25, -0.2) is 0 Å². The number of ether oxygens (including phenoxy) is 1. The molecule has 1 heterocycles. The predicted octanol–water partition coefficient (Wildman–Crippen LogP) is 1.43. The zero-order valence-corrected chi connectivity index (χ0v) is 4.53. The van der Waals surface area contributed by atoms with Crippen molar-refractivity contribution in [2.45, 2.75) is 20.3 Å². The van der Waals surface area contributed by atoms with Crippen molar-refractivity contribution in [3.05, 3.63) is 0 Å². The molecule has 1 aliphatic rings. The van der Waals surface area contributed by atoms with Gasteiger partial charge < -0.3 is 4.74 Å². The standard InChI is InChI=1S/C3H6O.C2H6/c1-2-4-3-1;1-2/h1-3H2;1-2H3. The van der Waals surface area contributed by atoms with Gasteiger partial charge in [0.15, 0.2) is 0 Å². The Morgan fingerprint density at radius 3 is 1.33 bits per heavy atom. The monoisotopic (exact) mass is 88.1 g/mol. The molecule has 0 bridgehead atoms. The molecule has 1 saturated heterocycles. The van der Waals surface area contributed by atoms with Crippen LogP contribution in [0.15, 0.2) is 0 Å². The largest absolute Gasteiger partial charge is 0.381 e. The summed E-state index contributed by atoms with van der Waals surface area (Å²) in [5.41, 5.74) is 0. The molecule has 1 rings (SSSR count). The van der Waals surface area contributed by atoms with Gasteiger partial charge in [-0.05, 0) is 6.42 Å². The normalized spacial score (nSPS) is 17.0. The molecule has 0 atom stereocenters. The molecule has 0 N–H and O–H groups in total. The maximum Gasteiger partial charge on any atom is 0.0488 e. The summed E-state index contributed by atoms with van der Waals surface area (Å²) in [5, 5.41) is 0. The molecule has 0 aromatic rings. The fourth-order valence-electron chi connectivity index (χ4n) is 0.144. The van der Waals surface area contributed by atoms with Gasteiger partial charge >= 0.3 is 0 Å². The third-order valence-electron chi connectivity index (χ3n) is 0.577. The maximum absolute atomic E-state index is 4.72. The Hall–Kier alpha value is -0.0400. The van der Waals surface area contributed by atoms with Crippen LogP contribution in [0.2, 0.25) is 0 Å². The summed E-state index contributed by atoms with van der Waals surface area (Å²) >= 11 is 0. The molecule has 0 saturated carbocycles. The van der Waals surface area contributed by atoms with Crippen molar-refractivity contribution >= 4 is 0 Å². The lowest BCUT2D eigenvalue weighted by Crippen LogP contribution is -2.09. The van der Waals surface area contributed by atoms with Crippen molar-refractivity contribution in [3.63, 3.8) is 0 Å². The van der Waals surface area contributed by atoms with E-state index in [1.165, 1.54) is 6.42 Å². The molecule has 0 unspecified atom stereocenters. The van der Waals surface area contributed by atoms with Crippen LogP contribution in [0.3, 0.4) is 0 Å². The minimum atomic E-state index is 1.00. The zero-order valence-electron chi connectivity index (χ0n) is 4.53. The minimum Gasteiger partial charge on any atom is -0.381 e. The van der Waals surface area contributed by atoms with Crippen LogP contribution >= 0.6 is 0 Å². The Kier molecular flexibility index (Phi) is 4.93. The second kappa shape index (κ2) is 4.96. The van der Waals surface area contributed by atoms with Gasteiger partial charge in [0.1, 0.15) is 0 Å². The second-order valence-corrected chi connectivity index (χ2v) is 0.966. The van der Waals surface area contributed by atoms with Gasteiger partial charge in [-0.2, -0.15) is 0 Å². The topological polar surface area (TPSA) is 9.23 Å². The Morgan fingerprint density at radius 2 is 1.33 bits per heavy atom. The van der Waals surface area contributed by atoms with E-state index >= 15 is 0 Å². The highest BCUT2D eigenvalue weighted by molar-refractivity contribution is 4.41. The Balaban J connectivity index is 0.000000112. The fraction of sp³-hybridized carbons (Fsp3) is 1.00. The van der Waals surface area contributed by atoms with Crippen LogP contribution in [0.4, 0.5) is 0 Å². The van der Waals surface area contributed by atoms with Gasteiger partial charge in [-0.15, -0.1) is 0 Å². The van der Waals surface area contributed by atoms with Gasteiger partial charge in [0.25, 0.3) is 0 Å². The van der Waals surface area contributed by atoms with Crippen LogP contribution in [0, 0.1) is 0 Å². The summed E-state index contributed by atoms with van der Waals surface area (Å²) in [7, 11) is 0. The van der Waals surface area contributed by atoms with Crippen LogP contribution in [-0.2, 0) is 4.74 Å². The molecule has 0 aromatic carbocycles. The average molecular weight is 88.1 g/mol. The first-order chi connectivity index (χ1) is 3.00. The summed E-state index contributed by atoms with van der Waals surface area (Å²) in [4.78, 5) is 0. The lowest BCUT2D eigenvalue weighted by molar-refractivity contribution is 0.0367. The first kappa shape index (κ1) is 5.96. The molecule has 1 heteroatoms. The van der Waals surface area contributed by atoms with Gasteiger partial charge in [-0.1, -0.05) is 13.8 Å². The Bertz CT molecular complexity index is 11.9. The molecule has 0 radical (unpaired) electrons. The van der Waals surface area contributed by atoms with Crippen LogP contribution < -0.4 is 0 Å². The number of hydrogen-bond donors (Lipinski definition) is 0. The smallest absolute Gasteiger partial charge is 0.0488 e. The highest BCUT2D eigenvalue weighted by Crippen LogP contribution is 1.92. The van der Waals surface area contributed by atoms with E-state index in [9.17, 15) is 0 Å². The van der Waals surface area contributed by atoms with Crippen molar-refractivity contribution < 1.29 is 4.74 Å². The molecule has 0 spiro atoms. The van der Waals surface area contributed by atoms with E-state index in [0.717, 1.165) is 13.2 Å². The second-order valence-electron chi connectivity index (χ2n) is 0.966. The molecule has 1 nitrogen and oxygen atoms in total. The molecule has 0 aromatic heterocycles. The lowest BCUT2D eigenvalue weighted by Gasteiger charge is -2.09. The van der Waals surface area contributed by atoms with Crippen LogP contribution in [0.5, 0.6) is 0 Å². The quantitative estimate of drug-likeness (QED) is 0.435. The third kappa shape index (κ3) is 2.21. The van der Waals surface area contributed by atoms with E-state index in [1.807, 2.05) is 13.8 Å². The van der Waals surface area contributed by atoms with Crippen LogP contribution in [-0.4, -0.2) is 13.2 Å². The lowest BCUT2D eigenvalue weighted by atomic mass is 10.4. The van der Waals surface area contributed by atoms with E-state index in [-0.39, 0.29) is 0 Å². The summed E-state index contributed by atoms with van der Waals surface area (Å²) in [5.74, 6) is 0. The van der Waals surface area contributed by atoms with Crippen molar-refractivity contribution in [2.24, 2.45) is 0 Å². The first-order valence-corrected chi connectivity index (χ1v) is 2.58. The Labute approximate surface area is 39.3 Å². The van der Waals surface area contributed by atoms with Crippen molar-refractivity contribution in [2.75, 3.05) is 13.2 Å². The van der Waals surface area contributed by atoms with Crippen molar-refractivity contribution in [1.82, 2.24) is 0 Å². The van der Waals surface area contributed by atoms with Crippen molar-refractivity contribution in [3.8, 4) is 0 Å². The summed E-state index contributed by atoms with van der Waals surface area (Å²) in [6, 6.07) is 0. The maximum atomic E-state index is 4.72. The highest BCUT2D eigenvalue weighted by Gasteiger charge is 1.94. The number of hydrogen-bond acceptors (Lipinski definition) is 1. The molecular weight excluding hydrogens is 76.1 g/mol. The molecule has 1 fully saturated rings. The van der Waals surface area contributed by atoms with Crippen LogP contribution in [0.25, 0.3) is 0 Å². The molecule has 0 amide bonds. The molecule has 0 aliphatic carbocycles. The summed E-state index contributed by atoms with van der Waals surface area (Å²) in [6.45, 7) is 6.00. The highest BCUT2D eigenvalue weighted by atomic mass is 16.5. The zero-order chi connectivity index (χ0) is 4.83. The predicted molar refractivity (Wildman–Crippen MR) is 26.8 cm³/mol. The molecule has 1 aliphatic heterocycles. The van der Waals surface area contributed by atoms with E-state index in [1.54, 1.807) is 0 Å². The van der Waals surface area contributed by atoms with E-state index in [0.29, 0.717) is 0 Å². The van der Waals surface area contributed by atoms with E-state index in [2.05, 4.69) is 0 Å². The van der Waals surface area contributed by atoms with Crippen LogP contribution in [0.1, 0.15) is 20.3 Å². The SMILES string of the molecule is C1COC1.CC. The fourth-order valence-corrected chi connectivity index (χ4v) is 0.144. The Morgan fingerprint density at radius 1 is 1.17 bits per heavy atom. The molecule has 6 heavy (non-hydrogen) atoms. The third-order valence-corrected chi connectivity index (χ3v) is 0.577. The number of rotatable bonds is 0. The summed E-state index contributed by atoms with van der Waals surface area (Å²) < 4.78 is 4.72.